The van der Waals surface area contributed by atoms with E-state index in [1.54, 1.807) is 30.3 Å². The molecule has 0 atom stereocenters. The van der Waals surface area contributed by atoms with Gasteiger partial charge in [-0.05, 0) is 128 Å². The third kappa shape index (κ3) is 8.65. The van der Waals surface area contributed by atoms with Gasteiger partial charge in [0, 0.05) is 26.9 Å². The highest BCUT2D eigenvalue weighted by atomic mass is 19.3. The predicted octanol–water partition coefficient (Wildman–Crippen LogP) is 8.27. The molecule has 2 aliphatic rings. The summed E-state index contributed by atoms with van der Waals surface area (Å²) in [6.45, 7) is 5.00. The number of phenols is 1. The van der Waals surface area contributed by atoms with E-state index in [1.807, 2.05) is 42.5 Å². The Balaban J connectivity index is 0.000000339. The van der Waals surface area contributed by atoms with E-state index in [9.17, 15) is 18.8 Å². The lowest BCUT2D eigenvalue weighted by molar-refractivity contribution is -0.00547. The largest absolute Gasteiger partial charge is 0.507 e. The number of halogens is 2. The number of aromatic hydroxyl groups is 1. The zero-order valence-electron chi connectivity index (χ0n) is 25.0. The van der Waals surface area contributed by atoms with Crippen LogP contribution in [0, 0.1) is 5.82 Å². The van der Waals surface area contributed by atoms with Gasteiger partial charge in [0.2, 0.25) is 0 Å². The topological polar surface area (TPSA) is 82.6 Å². The number of benzene rings is 5. The SMILES string of the molecule is C1CCNC1.C1CCNC1.O=C(Nc1ccc(O)c(-c2ccc(F)cc2)c1)c1ccc(OF)c(-c2ccc3ccccc3c2)c1. The van der Waals surface area contributed by atoms with Gasteiger partial charge in [-0.2, -0.15) is 0 Å². The normalized spacial score (nSPS) is 13.7. The van der Waals surface area contributed by atoms with Crippen LogP contribution in [0.4, 0.5) is 14.6 Å². The van der Waals surface area contributed by atoms with Gasteiger partial charge in [-0.1, -0.05) is 48.5 Å². The van der Waals surface area contributed by atoms with Gasteiger partial charge in [0.25, 0.3) is 5.91 Å². The molecule has 0 radical (unpaired) electrons. The van der Waals surface area contributed by atoms with Crippen LogP contribution in [0.2, 0.25) is 0 Å². The molecule has 0 aromatic heterocycles. The Labute approximate surface area is 262 Å². The van der Waals surface area contributed by atoms with E-state index in [-0.39, 0.29) is 17.3 Å². The third-order valence-electron chi connectivity index (χ3n) is 7.71. The fourth-order valence-corrected chi connectivity index (χ4v) is 5.25. The molecule has 45 heavy (non-hydrogen) atoms. The van der Waals surface area contributed by atoms with Gasteiger partial charge in [-0.25, -0.2) is 4.39 Å². The Morgan fingerprint density at radius 3 is 1.96 bits per heavy atom. The summed E-state index contributed by atoms with van der Waals surface area (Å²) in [5, 5.41) is 21.5. The second kappa shape index (κ2) is 15.8. The maximum atomic E-state index is 13.3. The summed E-state index contributed by atoms with van der Waals surface area (Å²) < 4.78 is 26.6. The third-order valence-corrected chi connectivity index (χ3v) is 7.71. The average molecular weight is 610 g/mol. The minimum absolute atomic E-state index is 0.0000561. The number of rotatable bonds is 5. The monoisotopic (exact) mass is 609 g/mol. The number of hydrogen-bond donors (Lipinski definition) is 4. The number of fused-ring (bicyclic) bond motifs is 1. The number of carbonyl (C=O) groups excluding carboxylic acids is 1. The lowest BCUT2D eigenvalue weighted by Crippen LogP contribution is -2.12. The average Bonchev–Trinajstić information content (AvgIpc) is 3.86. The second-order valence-corrected chi connectivity index (χ2v) is 11.0. The van der Waals surface area contributed by atoms with Gasteiger partial charge < -0.3 is 21.1 Å². The Morgan fingerprint density at radius 1 is 0.689 bits per heavy atom. The predicted molar refractivity (Wildman–Crippen MR) is 177 cm³/mol. The molecule has 0 aliphatic carbocycles. The maximum Gasteiger partial charge on any atom is 0.255 e. The molecule has 6 nitrogen and oxygen atoms in total. The lowest BCUT2D eigenvalue weighted by atomic mass is 9.98. The van der Waals surface area contributed by atoms with Gasteiger partial charge in [-0.3, -0.25) is 9.74 Å². The Hall–Kier alpha value is -4.79. The molecule has 2 saturated heterocycles. The first-order valence-corrected chi connectivity index (χ1v) is 15.3. The van der Waals surface area contributed by atoms with Crippen molar-refractivity contribution in [3.63, 3.8) is 0 Å². The van der Waals surface area contributed by atoms with Crippen LogP contribution in [0.15, 0.2) is 103 Å². The highest BCUT2D eigenvalue weighted by Gasteiger charge is 2.15. The smallest absolute Gasteiger partial charge is 0.255 e. The Bertz CT molecular complexity index is 1690. The maximum absolute atomic E-state index is 13.3. The summed E-state index contributed by atoms with van der Waals surface area (Å²) >= 11 is 0. The number of anilines is 1. The molecule has 5 aromatic carbocycles. The van der Waals surface area contributed by atoms with Crippen LogP contribution in [0.3, 0.4) is 0 Å². The minimum atomic E-state index is -0.423. The molecular formula is C37H37F2N3O3. The summed E-state index contributed by atoms with van der Waals surface area (Å²) in [4.78, 5) is 17.1. The fraction of sp³-hybridized carbons (Fsp3) is 0.216. The Kier molecular flexibility index (Phi) is 11.1. The molecule has 8 heteroatoms. The molecule has 0 bridgehead atoms. The molecule has 2 fully saturated rings. The highest BCUT2D eigenvalue weighted by Crippen LogP contribution is 2.35. The van der Waals surface area contributed by atoms with Crippen LogP contribution in [-0.4, -0.2) is 37.2 Å². The number of hydrogen-bond acceptors (Lipinski definition) is 5. The van der Waals surface area contributed by atoms with E-state index in [0.717, 1.165) is 10.8 Å². The zero-order chi connectivity index (χ0) is 31.4. The molecule has 5 aromatic rings. The van der Waals surface area contributed by atoms with Crippen molar-refractivity contribution in [3.8, 4) is 33.8 Å². The Morgan fingerprint density at radius 2 is 1.33 bits per heavy atom. The van der Waals surface area contributed by atoms with Crippen molar-refractivity contribution in [1.82, 2.24) is 10.6 Å². The molecule has 232 valence electrons. The first kappa shape index (κ1) is 31.6. The lowest BCUT2D eigenvalue weighted by Gasteiger charge is -2.12. The molecule has 1 amide bonds. The molecule has 2 heterocycles. The summed E-state index contributed by atoms with van der Waals surface area (Å²) in [6, 6.07) is 28.2. The first-order valence-electron chi connectivity index (χ1n) is 15.3. The van der Waals surface area contributed by atoms with Gasteiger partial charge in [0.1, 0.15) is 11.6 Å². The number of nitrogens with one attached hydrogen (secondary N) is 3. The van der Waals surface area contributed by atoms with Gasteiger partial charge in [-0.15, -0.1) is 0 Å². The number of carbonyl (C=O) groups is 1. The van der Waals surface area contributed by atoms with E-state index < -0.39 is 5.91 Å². The van der Waals surface area contributed by atoms with E-state index in [2.05, 4.69) is 20.9 Å². The number of amides is 1. The van der Waals surface area contributed by atoms with Crippen LogP contribution in [-0.2, 0) is 0 Å². The van der Waals surface area contributed by atoms with E-state index in [0.29, 0.717) is 33.5 Å². The quantitative estimate of drug-likeness (QED) is 0.151. The van der Waals surface area contributed by atoms with Crippen LogP contribution < -0.4 is 20.9 Å². The zero-order valence-corrected chi connectivity index (χ0v) is 25.0. The second-order valence-electron chi connectivity index (χ2n) is 11.0. The molecule has 0 spiro atoms. The van der Waals surface area contributed by atoms with Gasteiger partial charge in [0.05, 0.1) is 0 Å². The van der Waals surface area contributed by atoms with E-state index >= 15 is 0 Å². The molecule has 2 aliphatic heterocycles. The summed E-state index contributed by atoms with van der Waals surface area (Å²) in [7, 11) is 0. The van der Waals surface area contributed by atoms with Crippen molar-refractivity contribution >= 4 is 22.4 Å². The van der Waals surface area contributed by atoms with Crippen LogP contribution in [0.25, 0.3) is 33.0 Å². The van der Waals surface area contributed by atoms with Crippen molar-refractivity contribution in [2.24, 2.45) is 0 Å². The standard InChI is InChI=1S/C29H19F2NO3.2C4H9N/c30-23-10-7-19(8-11-23)25-17-24(12-13-27(25)33)32-29(34)22-9-14-28(35-31)26(16-22)21-6-5-18-3-1-2-4-20(18)15-21;2*1-2-4-5-3-1/h1-17,33H,(H,32,34);2*5H,1-4H2. The summed E-state index contributed by atoms with van der Waals surface area (Å²) in [6.07, 6.45) is 5.56. The van der Waals surface area contributed by atoms with E-state index in [1.165, 1.54) is 82.2 Å². The van der Waals surface area contributed by atoms with Crippen LogP contribution >= 0.6 is 0 Å². The molecule has 0 unspecified atom stereocenters. The minimum Gasteiger partial charge on any atom is -0.507 e. The number of phenolic OH excluding ortho intramolecular Hbond substituents is 1. The molecule has 7 rings (SSSR count). The molecule has 4 N–H and O–H groups in total. The fourth-order valence-electron chi connectivity index (χ4n) is 5.25. The van der Waals surface area contributed by atoms with Gasteiger partial charge >= 0.3 is 0 Å². The van der Waals surface area contributed by atoms with Crippen molar-refractivity contribution in [3.05, 3.63) is 115 Å². The van der Waals surface area contributed by atoms with E-state index in [4.69, 9.17) is 0 Å². The van der Waals surface area contributed by atoms with Crippen molar-refractivity contribution < 1.29 is 23.8 Å². The van der Waals surface area contributed by atoms with Gasteiger partial charge in [0.15, 0.2) is 5.75 Å². The summed E-state index contributed by atoms with van der Waals surface area (Å²) in [5.74, 6) is -0.813. The van der Waals surface area contributed by atoms with Crippen molar-refractivity contribution in [1.29, 1.82) is 0 Å². The molecular weight excluding hydrogens is 572 g/mol. The highest BCUT2D eigenvalue weighted by molar-refractivity contribution is 6.06. The van der Waals surface area contributed by atoms with Crippen LogP contribution in [0.1, 0.15) is 36.0 Å². The van der Waals surface area contributed by atoms with Crippen molar-refractivity contribution in [2.45, 2.75) is 25.7 Å². The van der Waals surface area contributed by atoms with Crippen molar-refractivity contribution in [2.75, 3.05) is 31.5 Å². The van der Waals surface area contributed by atoms with Crippen LogP contribution in [0.5, 0.6) is 11.5 Å². The first-order chi connectivity index (χ1) is 22.0. The molecule has 0 saturated carbocycles. The summed E-state index contributed by atoms with van der Waals surface area (Å²) in [5.41, 5.74) is 2.91.